The Balaban J connectivity index is 0.00000320. The predicted molar refractivity (Wildman–Crippen MR) is 129 cm³/mol. The average molecular weight is 468 g/mol. The van der Waals surface area contributed by atoms with Crippen molar-refractivity contribution in [3.05, 3.63) is 52.5 Å². The van der Waals surface area contributed by atoms with Gasteiger partial charge in [0.15, 0.2) is 5.13 Å². The van der Waals surface area contributed by atoms with Crippen LogP contribution in [0.15, 0.2) is 36.4 Å². The minimum Gasteiger partial charge on any atom is -0.494 e. The lowest BCUT2D eigenvalue weighted by Crippen LogP contribution is -2.33. The van der Waals surface area contributed by atoms with Gasteiger partial charge in [0.05, 0.1) is 16.8 Å². The van der Waals surface area contributed by atoms with Crippen LogP contribution in [0.5, 0.6) is 5.75 Å². The van der Waals surface area contributed by atoms with Crippen LogP contribution in [0, 0.1) is 6.92 Å². The van der Waals surface area contributed by atoms with Crippen molar-refractivity contribution in [2.45, 2.75) is 20.3 Å². The van der Waals surface area contributed by atoms with Crippen molar-refractivity contribution in [1.82, 2.24) is 9.88 Å². The highest BCUT2D eigenvalue weighted by Gasteiger charge is 2.22. The second-order valence-corrected chi connectivity index (χ2v) is 8.58. The first kappa shape index (κ1) is 24.4. The molecule has 1 amide bonds. The number of rotatable bonds is 8. The Hall–Kier alpha value is -1.86. The summed E-state index contributed by atoms with van der Waals surface area (Å²) < 4.78 is 6.48. The molecule has 0 atom stereocenters. The van der Waals surface area contributed by atoms with Gasteiger partial charge in [0.1, 0.15) is 5.75 Å². The van der Waals surface area contributed by atoms with Crippen molar-refractivity contribution in [3.8, 4) is 5.75 Å². The Bertz CT molecular complexity index is 990. The van der Waals surface area contributed by atoms with Gasteiger partial charge in [0.2, 0.25) is 0 Å². The topological polar surface area (TPSA) is 45.7 Å². The fourth-order valence-corrected chi connectivity index (χ4v) is 4.55. The second-order valence-electron chi connectivity index (χ2n) is 7.14. The quantitative estimate of drug-likeness (QED) is 0.427. The van der Waals surface area contributed by atoms with Gasteiger partial charge in [-0.15, -0.1) is 12.4 Å². The van der Waals surface area contributed by atoms with Crippen LogP contribution in [-0.2, 0) is 0 Å². The summed E-state index contributed by atoms with van der Waals surface area (Å²) >= 11 is 7.71. The molecule has 30 heavy (non-hydrogen) atoms. The smallest absolute Gasteiger partial charge is 0.260 e. The van der Waals surface area contributed by atoms with Gasteiger partial charge in [-0.2, -0.15) is 0 Å². The fourth-order valence-electron chi connectivity index (χ4n) is 3.10. The summed E-state index contributed by atoms with van der Waals surface area (Å²) in [4.78, 5) is 22.0. The third kappa shape index (κ3) is 5.85. The van der Waals surface area contributed by atoms with E-state index < -0.39 is 0 Å². The van der Waals surface area contributed by atoms with E-state index in [1.807, 2.05) is 64.3 Å². The summed E-state index contributed by atoms with van der Waals surface area (Å²) in [6.45, 7) is 6.01. The normalized spacial score (nSPS) is 10.9. The monoisotopic (exact) mass is 467 g/mol. The number of aryl methyl sites for hydroxylation is 1. The molecule has 162 valence electrons. The number of thiazole rings is 1. The van der Waals surface area contributed by atoms with Gasteiger partial charge in [-0.05, 0) is 82.9 Å². The molecule has 0 unspecified atom stereocenters. The number of carbonyl (C=O) groups is 1. The van der Waals surface area contributed by atoms with Crippen LogP contribution in [0.25, 0.3) is 10.2 Å². The van der Waals surface area contributed by atoms with E-state index in [1.165, 1.54) is 11.3 Å². The minimum absolute atomic E-state index is 0. The molecule has 0 fully saturated rings. The highest BCUT2D eigenvalue weighted by molar-refractivity contribution is 7.22. The van der Waals surface area contributed by atoms with Gasteiger partial charge in [-0.1, -0.05) is 22.9 Å². The summed E-state index contributed by atoms with van der Waals surface area (Å²) in [5.41, 5.74) is 2.52. The predicted octanol–water partition coefficient (Wildman–Crippen LogP) is 5.68. The van der Waals surface area contributed by atoms with Crippen molar-refractivity contribution in [3.63, 3.8) is 0 Å². The van der Waals surface area contributed by atoms with Crippen LogP contribution in [0.3, 0.4) is 0 Å². The van der Waals surface area contributed by atoms with Gasteiger partial charge >= 0.3 is 0 Å². The molecule has 2 aromatic carbocycles. The highest BCUT2D eigenvalue weighted by atomic mass is 35.5. The number of carbonyl (C=O) groups excluding carboxylic acids is 1. The Labute approximate surface area is 193 Å². The molecule has 3 aromatic rings. The second kappa shape index (κ2) is 11.0. The first-order valence-corrected chi connectivity index (χ1v) is 10.8. The molecular weight excluding hydrogens is 441 g/mol. The van der Waals surface area contributed by atoms with Gasteiger partial charge in [-0.25, -0.2) is 4.98 Å². The van der Waals surface area contributed by atoms with Crippen molar-refractivity contribution in [1.29, 1.82) is 0 Å². The number of halogens is 2. The Morgan fingerprint density at radius 3 is 2.50 bits per heavy atom. The van der Waals surface area contributed by atoms with E-state index in [4.69, 9.17) is 21.3 Å². The number of fused-ring (bicyclic) bond motifs is 1. The molecule has 3 rings (SSSR count). The summed E-state index contributed by atoms with van der Waals surface area (Å²) in [5.74, 6) is 0.697. The molecule has 0 bridgehead atoms. The molecule has 0 aliphatic heterocycles. The number of amides is 1. The maximum absolute atomic E-state index is 13.3. The Morgan fingerprint density at radius 2 is 1.87 bits per heavy atom. The minimum atomic E-state index is -0.0605. The molecule has 0 aliphatic rings. The summed E-state index contributed by atoms with van der Waals surface area (Å²) in [6, 6.07) is 11.1. The van der Waals surface area contributed by atoms with E-state index >= 15 is 0 Å². The van der Waals surface area contributed by atoms with Crippen molar-refractivity contribution in [2.75, 3.05) is 38.7 Å². The Morgan fingerprint density at radius 1 is 1.17 bits per heavy atom. The number of aromatic nitrogens is 1. The largest absolute Gasteiger partial charge is 0.494 e. The summed E-state index contributed by atoms with van der Waals surface area (Å²) in [6.07, 6.45) is 0.853. The van der Waals surface area contributed by atoms with Gasteiger partial charge in [0.25, 0.3) is 5.91 Å². The van der Waals surface area contributed by atoms with E-state index in [1.54, 1.807) is 4.90 Å². The molecule has 0 radical (unpaired) electrons. The molecule has 0 N–H and O–H groups in total. The summed E-state index contributed by atoms with van der Waals surface area (Å²) in [5, 5.41) is 1.38. The molecule has 0 spiro atoms. The standard InChI is InChI=1S/C22H26ClN3O2S.ClH/c1-5-28-18-9-7-16(8-10-18)21(27)26(12-6-11-25(3)4)22-24-20-15(2)13-17(23)14-19(20)29-22;/h7-10,13-14H,5-6,11-12H2,1-4H3;1H. The van der Waals surface area contributed by atoms with E-state index in [0.717, 1.165) is 34.5 Å². The van der Waals surface area contributed by atoms with Crippen LogP contribution in [0.2, 0.25) is 5.02 Å². The lowest BCUT2D eigenvalue weighted by Gasteiger charge is -2.21. The SMILES string of the molecule is CCOc1ccc(C(=O)N(CCCN(C)C)c2nc3c(C)cc(Cl)cc3s2)cc1.Cl. The van der Waals surface area contributed by atoms with E-state index in [2.05, 4.69) is 4.90 Å². The maximum Gasteiger partial charge on any atom is 0.260 e. The number of ether oxygens (including phenoxy) is 1. The van der Waals surface area contributed by atoms with E-state index in [9.17, 15) is 4.79 Å². The van der Waals surface area contributed by atoms with Crippen LogP contribution in [0.1, 0.15) is 29.3 Å². The van der Waals surface area contributed by atoms with Crippen LogP contribution in [0.4, 0.5) is 5.13 Å². The molecular formula is C22H27Cl2N3O2S. The van der Waals surface area contributed by atoms with Crippen molar-refractivity contribution < 1.29 is 9.53 Å². The maximum atomic E-state index is 13.3. The molecule has 8 heteroatoms. The average Bonchev–Trinajstić information content (AvgIpc) is 3.09. The van der Waals surface area contributed by atoms with Gasteiger partial charge in [0, 0.05) is 17.1 Å². The van der Waals surface area contributed by atoms with Gasteiger partial charge < -0.3 is 9.64 Å². The van der Waals surface area contributed by atoms with E-state index in [-0.39, 0.29) is 18.3 Å². The summed E-state index contributed by atoms with van der Waals surface area (Å²) in [7, 11) is 4.06. The zero-order valence-electron chi connectivity index (χ0n) is 17.6. The highest BCUT2D eigenvalue weighted by Crippen LogP contribution is 2.33. The Kier molecular flexibility index (Phi) is 8.92. The number of nitrogens with zero attached hydrogens (tertiary/aromatic N) is 3. The number of benzene rings is 2. The van der Waals surface area contributed by atoms with Crippen LogP contribution in [-0.4, -0.2) is 49.6 Å². The van der Waals surface area contributed by atoms with Crippen molar-refractivity contribution >= 4 is 56.6 Å². The molecule has 0 saturated heterocycles. The van der Waals surface area contributed by atoms with Crippen LogP contribution < -0.4 is 9.64 Å². The molecule has 1 aromatic heterocycles. The third-order valence-corrected chi connectivity index (χ3v) is 5.76. The molecule has 0 aliphatic carbocycles. The van der Waals surface area contributed by atoms with E-state index in [0.29, 0.717) is 28.9 Å². The first-order valence-electron chi connectivity index (χ1n) is 9.65. The molecule has 0 saturated carbocycles. The molecule has 5 nitrogen and oxygen atoms in total. The number of anilines is 1. The van der Waals surface area contributed by atoms with Crippen LogP contribution >= 0.6 is 35.3 Å². The number of hydrogen-bond acceptors (Lipinski definition) is 5. The first-order chi connectivity index (χ1) is 13.9. The van der Waals surface area contributed by atoms with Crippen molar-refractivity contribution in [2.24, 2.45) is 0 Å². The number of hydrogen-bond donors (Lipinski definition) is 0. The third-order valence-electron chi connectivity index (χ3n) is 4.51. The zero-order chi connectivity index (χ0) is 21.0. The molecule has 1 heterocycles. The van der Waals surface area contributed by atoms with Gasteiger partial charge in [-0.3, -0.25) is 9.69 Å². The lowest BCUT2D eigenvalue weighted by atomic mass is 10.2. The zero-order valence-corrected chi connectivity index (χ0v) is 20.0. The lowest BCUT2D eigenvalue weighted by molar-refractivity contribution is 0.0986. The fraction of sp³-hybridized carbons (Fsp3) is 0.364.